The van der Waals surface area contributed by atoms with Crippen molar-refractivity contribution in [2.45, 2.75) is 58.3 Å². The number of hydrogen-bond acceptors (Lipinski definition) is 6. The molecule has 0 saturated heterocycles. The Hall–Kier alpha value is -3.14. The average Bonchev–Trinajstić information content (AvgIpc) is 2.90. The van der Waals surface area contributed by atoms with Crippen LogP contribution in [0.1, 0.15) is 50.4 Å². The number of hydrogen-bond donors (Lipinski definition) is 4. The van der Waals surface area contributed by atoms with Gasteiger partial charge in [0.05, 0.1) is 30.4 Å². The van der Waals surface area contributed by atoms with E-state index < -0.39 is 12.1 Å². The molecule has 4 N–H and O–H groups in total. The van der Waals surface area contributed by atoms with Gasteiger partial charge in [-0.25, -0.2) is 4.79 Å². The van der Waals surface area contributed by atoms with E-state index in [-0.39, 0.29) is 30.6 Å². The highest BCUT2D eigenvalue weighted by Crippen LogP contribution is 2.28. The maximum absolute atomic E-state index is 14.0. The molecule has 208 valence electrons. The van der Waals surface area contributed by atoms with Gasteiger partial charge in [-0.3, -0.25) is 4.79 Å². The summed E-state index contributed by atoms with van der Waals surface area (Å²) in [5.74, 6) is 0.206. The molecule has 3 amide bonds. The monoisotopic (exact) mass is 526 g/mol. The van der Waals surface area contributed by atoms with Gasteiger partial charge in [0, 0.05) is 37.0 Å². The number of para-hydroxylation sites is 1. The summed E-state index contributed by atoms with van der Waals surface area (Å²) in [5, 5.41) is 18.8. The van der Waals surface area contributed by atoms with E-state index in [0.717, 1.165) is 19.3 Å². The van der Waals surface area contributed by atoms with E-state index in [1.807, 2.05) is 39.1 Å². The van der Waals surface area contributed by atoms with Gasteiger partial charge in [-0.15, -0.1) is 0 Å². The molecule has 1 heterocycles. The van der Waals surface area contributed by atoms with E-state index in [0.29, 0.717) is 42.4 Å². The third kappa shape index (κ3) is 8.44. The highest BCUT2D eigenvalue weighted by Gasteiger charge is 2.29. The molecule has 0 spiro atoms. The Bertz CT molecular complexity index is 1030. The summed E-state index contributed by atoms with van der Waals surface area (Å²) in [5.41, 5.74) is 1.46. The number of amides is 3. The number of rotatable bonds is 6. The van der Waals surface area contributed by atoms with Crippen molar-refractivity contribution >= 4 is 23.3 Å². The fourth-order valence-electron chi connectivity index (χ4n) is 4.51. The van der Waals surface area contributed by atoms with Crippen LogP contribution in [-0.4, -0.2) is 73.5 Å². The summed E-state index contributed by atoms with van der Waals surface area (Å²) in [6.45, 7) is 7.39. The molecule has 9 heteroatoms. The third-order valence-electron chi connectivity index (χ3n) is 6.75. The summed E-state index contributed by atoms with van der Waals surface area (Å²) < 4.78 is 12.4. The predicted molar refractivity (Wildman–Crippen MR) is 150 cm³/mol. The van der Waals surface area contributed by atoms with Crippen LogP contribution in [0.3, 0.4) is 0 Å². The number of likely N-dealkylation sites (N-methyl/N-ethyl adjacent to an activating group) is 1. The first-order chi connectivity index (χ1) is 18.3. The fraction of sp³-hybridized carbons (Fsp3) is 0.517. The van der Waals surface area contributed by atoms with E-state index >= 15 is 0 Å². The Morgan fingerprint density at radius 2 is 1.84 bits per heavy atom. The van der Waals surface area contributed by atoms with Crippen molar-refractivity contribution in [1.29, 1.82) is 0 Å². The van der Waals surface area contributed by atoms with Crippen molar-refractivity contribution in [3.8, 4) is 5.75 Å². The van der Waals surface area contributed by atoms with Crippen LogP contribution in [0.25, 0.3) is 0 Å². The van der Waals surface area contributed by atoms with Crippen LogP contribution >= 0.6 is 0 Å². The summed E-state index contributed by atoms with van der Waals surface area (Å²) in [4.78, 5) is 28.3. The predicted octanol–water partition coefficient (Wildman–Crippen LogP) is 4.35. The highest BCUT2D eigenvalue weighted by molar-refractivity contribution is 6.02. The smallest absolute Gasteiger partial charge is 0.323 e. The van der Waals surface area contributed by atoms with E-state index in [1.165, 1.54) is 0 Å². The second-order valence-corrected chi connectivity index (χ2v) is 10.0. The van der Waals surface area contributed by atoms with E-state index in [9.17, 15) is 14.7 Å². The molecule has 1 aliphatic heterocycles. The molecule has 3 rings (SSSR count). The van der Waals surface area contributed by atoms with Crippen molar-refractivity contribution in [3.63, 3.8) is 0 Å². The maximum atomic E-state index is 14.0. The van der Waals surface area contributed by atoms with Crippen molar-refractivity contribution < 1.29 is 24.2 Å². The van der Waals surface area contributed by atoms with Crippen molar-refractivity contribution in [2.24, 2.45) is 5.92 Å². The molecule has 2 aromatic carbocycles. The summed E-state index contributed by atoms with van der Waals surface area (Å²) in [7, 11) is 1.89. The number of urea groups is 1. The second-order valence-electron chi connectivity index (χ2n) is 10.0. The van der Waals surface area contributed by atoms with Gasteiger partial charge in [0.1, 0.15) is 5.75 Å². The Morgan fingerprint density at radius 3 is 2.55 bits per heavy atom. The van der Waals surface area contributed by atoms with E-state index in [2.05, 4.69) is 22.9 Å². The van der Waals surface area contributed by atoms with Crippen molar-refractivity contribution in [1.82, 2.24) is 10.2 Å². The number of nitrogens with one attached hydrogen (secondary N) is 3. The van der Waals surface area contributed by atoms with Gasteiger partial charge in [0.15, 0.2) is 0 Å². The average molecular weight is 527 g/mol. The van der Waals surface area contributed by atoms with E-state index in [4.69, 9.17) is 9.47 Å². The molecule has 9 nitrogen and oxygen atoms in total. The molecule has 0 unspecified atom stereocenters. The van der Waals surface area contributed by atoms with Crippen LogP contribution in [0, 0.1) is 5.92 Å². The normalized spacial score (nSPS) is 22.0. The molecule has 0 fully saturated rings. The van der Waals surface area contributed by atoms with E-state index in [1.54, 1.807) is 35.2 Å². The number of nitrogens with zero attached hydrogens (tertiary/aromatic N) is 1. The maximum Gasteiger partial charge on any atom is 0.323 e. The molecule has 0 aliphatic carbocycles. The zero-order valence-electron chi connectivity index (χ0n) is 22.9. The number of carbonyl (C=O) groups excluding carboxylic acids is 2. The SMILES string of the molecule is CNC[C@H]1OCCCC[C@H](C)Oc2ccc(NC(=O)Nc3ccccc3)cc2C(=O)N([C@@H](C)CO)C[C@@H]1C. The molecular weight excluding hydrogens is 484 g/mol. The van der Waals surface area contributed by atoms with Gasteiger partial charge in [-0.2, -0.15) is 0 Å². The van der Waals surface area contributed by atoms with Crippen LogP contribution in [0.2, 0.25) is 0 Å². The summed E-state index contributed by atoms with van der Waals surface area (Å²) >= 11 is 0. The van der Waals surface area contributed by atoms with Gasteiger partial charge < -0.3 is 35.4 Å². The van der Waals surface area contributed by atoms with Gasteiger partial charge in [-0.1, -0.05) is 25.1 Å². The van der Waals surface area contributed by atoms with Crippen LogP contribution in [0.5, 0.6) is 5.75 Å². The molecule has 0 bridgehead atoms. The number of carbonyl (C=O) groups is 2. The van der Waals surface area contributed by atoms with Gasteiger partial charge >= 0.3 is 6.03 Å². The van der Waals surface area contributed by atoms with Gasteiger partial charge in [0.2, 0.25) is 0 Å². The van der Waals surface area contributed by atoms with Crippen LogP contribution in [0.4, 0.5) is 16.2 Å². The first-order valence-electron chi connectivity index (χ1n) is 13.4. The standard InChI is InChI=1S/C29H42N4O5/c1-20-18-33(21(2)19-34)28(35)25-16-24(32-29(36)31-23-11-6-5-7-12-23)13-14-26(25)38-22(3)10-8-9-15-37-27(20)17-30-4/h5-7,11-14,16,20-22,27,30,34H,8-10,15,17-19H2,1-4H3,(H2,31,32,36)/t20-,21-,22-,27+/m0/s1. The largest absolute Gasteiger partial charge is 0.490 e. The Balaban J connectivity index is 1.93. The van der Waals surface area contributed by atoms with Crippen LogP contribution in [0.15, 0.2) is 48.5 Å². The first kappa shape index (κ1) is 29.4. The molecule has 2 aromatic rings. The first-order valence-corrected chi connectivity index (χ1v) is 13.4. The number of aliphatic hydroxyl groups excluding tert-OH is 1. The summed E-state index contributed by atoms with van der Waals surface area (Å²) in [6.07, 6.45) is 2.49. The number of ether oxygens (including phenoxy) is 2. The Kier molecular flexibility index (Phi) is 11.4. The lowest BCUT2D eigenvalue weighted by Gasteiger charge is -2.34. The lowest BCUT2D eigenvalue weighted by molar-refractivity contribution is -0.000450. The molecule has 4 atom stereocenters. The third-order valence-corrected chi connectivity index (χ3v) is 6.75. The number of fused-ring (bicyclic) bond motifs is 1. The second kappa shape index (κ2) is 14.7. The molecule has 0 aromatic heterocycles. The minimum absolute atomic E-state index is 0.0181. The molecule has 38 heavy (non-hydrogen) atoms. The van der Waals surface area contributed by atoms with Crippen molar-refractivity contribution in [2.75, 3.05) is 44.0 Å². The lowest BCUT2D eigenvalue weighted by Crippen LogP contribution is -2.47. The molecule has 0 saturated carbocycles. The van der Waals surface area contributed by atoms with Crippen LogP contribution < -0.4 is 20.7 Å². The lowest BCUT2D eigenvalue weighted by atomic mass is 10.0. The minimum Gasteiger partial charge on any atom is -0.490 e. The minimum atomic E-state index is -0.420. The number of anilines is 2. The molecule has 1 aliphatic rings. The topological polar surface area (TPSA) is 112 Å². The Labute approximate surface area is 225 Å². The number of aliphatic hydroxyl groups is 1. The zero-order chi connectivity index (χ0) is 27.5. The van der Waals surface area contributed by atoms with Crippen molar-refractivity contribution in [3.05, 3.63) is 54.1 Å². The highest BCUT2D eigenvalue weighted by atomic mass is 16.5. The van der Waals surface area contributed by atoms with Crippen LogP contribution in [-0.2, 0) is 4.74 Å². The summed E-state index contributed by atoms with van der Waals surface area (Å²) in [6, 6.07) is 13.4. The quantitative estimate of drug-likeness (QED) is 0.445. The number of benzene rings is 2. The van der Waals surface area contributed by atoms with Gasteiger partial charge in [0.25, 0.3) is 5.91 Å². The Morgan fingerprint density at radius 1 is 1.11 bits per heavy atom. The molecular formula is C29H42N4O5. The fourth-order valence-corrected chi connectivity index (χ4v) is 4.51. The zero-order valence-corrected chi connectivity index (χ0v) is 22.9. The van der Waals surface area contributed by atoms with Gasteiger partial charge in [-0.05, 0) is 70.5 Å². The molecule has 0 radical (unpaired) electrons.